The molecule has 2 N–H and O–H groups in total. The van der Waals surface area contributed by atoms with Gasteiger partial charge in [0, 0.05) is 18.6 Å². The highest BCUT2D eigenvalue weighted by atomic mass is 16.1. The Kier molecular flexibility index (Phi) is 3.83. The monoisotopic (exact) mass is 207 g/mol. The highest BCUT2D eigenvalue weighted by molar-refractivity contribution is 5.76. The number of H-pyrrole nitrogens is 1. The summed E-state index contributed by atoms with van der Waals surface area (Å²) in [4.78, 5) is 14.6. The number of carbonyl (C=O) groups is 1. The quantitative estimate of drug-likeness (QED) is 0.803. The van der Waals surface area contributed by atoms with E-state index in [1.54, 1.807) is 0 Å². The van der Waals surface area contributed by atoms with Crippen LogP contribution in [0.4, 0.5) is 0 Å². The van der Waals surface area contributed by atoms with Gasteiger partial charge in [-0.2, -0.15) is 0 Å². The molecule has 3 heteroatoms. The second kappa shape index (κ2) is 4.91. The van der Waals surface area contributed by atoms with Crippen LogP contribution >= 0.6 is 0 Å². The lowest BCUT2D eigenvalue weighted by atomic mass is 9.92. The van der Waals surface area contributed by atoms with E-state index in [0.29, 0.717) is 13.0 Å². The largest absolute Gasteiger partial charge is 0.346 e. The zero-order chi connectivity index (χ0) is 11.3. The van der Waals surface area contributed by atoms with E-state index in [-0.39, 0.29) is 11.3 Å². The minimum absolute atomic E-state index is 0.0461. The molecule has 0 fully saturated rings. The summed E-state index contributed by atoms with van der Waals surface area (Å²) < 4.78 is 0. The molecule has 0 unspecified atom stereocenters. The summed E-state index contributed by atoms with van der Waals surface area (Å²) in [7, 11) is 0. The topological polar surface area (TPSA) is 43.2 Å². The predicted octanol–water partition coefficient (Wildman–Crippen LogP) is 1.55. The van der Waals surface area contributed by atoms with Crippen LogP contribution in [0.5, 0.6) is 0 Å². The maximum Gasteiger partial charge on any atom is 0.221 e. The zero-order valence-corrected chi connectivity index (χ0v) is 9.63. The minimum atomic E-state index is 0.0461. The van der Waals surface area contributed by atoms with Gasteiger partial charge in [-0.3, -0.25) is 4.79 Å². The van der Waals surface area contributed by atoms with E-state index in [1.807, 2.05) is 24.4 Å². The van der Waals surface area contributed by atoms with Crippen molar-refractivity contribution in [2.45, 2.75) is 33.7 Å². The summed E-state index contributed by atoms with van der Waals surface area (Å²) in [6, 6.07) is 5.82. The van der Waals surface area contributed by atoms with Crippen LogP contribution in [-0.2, 0) is 11.3 Å². The van der Waals surface area contributed by atoms with Crippen LogP contribution in [0.25, 0.3) is 0 Å². The van der Waals surface area contributed by atoms with Gasteiger partial charge in [0.25, 0.3) is 0 Å². The molecule has 0 aliphatic heterocycles. The molecule has 0 atom stereocenters. The summed E-state index contributed by atoms with van der Waals surface area (Å²) in [5, 5.41) is 2.89. The van der Waals surface area contributed by atoms with Crippen molar-refractivity contribution in [2.24, 2.45) is 5.41 Å². The van der Waals surface area contributed by atoms with E-state index >= 15 is 0 Å². The van der Waals surface area contributed by atoms with E-state index in [9.17, 15) is 4.79 Å². The van der Waals surface area contributed by atoms with Gasteiger partial charge in [-0.15, -0.1) is 0 Å². The first kappa shape index (κ1) is 11.7. The summed E-state index contributed by atoms with van der Waals surface area (Å²) in [5.41, 5.74) is 1.06. The van der Waals surface area contributed by atoms with E-state index in [1.165, 1.54) is 0 Å². The van der Waals surface area contributed by atoms with Gasteiger partial charge in [0.1, 0.15) is 6.54 Å². The van der Waals surface area contributed by atoms with Crippen molar-refractivity contribution in [2.75, 3.05) is 0 Å². The summed E-state index contributed by atoms with van der Waals surface area (Å²) >= 11 is 0. The smallest absolute Gasteiger partial charge is 0.221 e. The molecule has 82 valence electrons. The average Bonchev–Trinajstić information content (AvgIpc) is 2.14. The fourth-order valence-electron chi connectivity index (χ4n) is 1.28. The number of carbonyl (C=O) groups excluding carboxylic acids is 1. The van der Waals surface area contributed by atoms with Crippen LogP contribution in [0, 0.1) is 5.41 Å². The van der Waals surface area contributed by atoms with E-state index in [4.69, 9.17) is 0 Å². The number of hydrogen-bond donors (Lipinski definition) is 1. The molecular weight excluding hydrogens is 188 g/mol. The van der Waals surface area contributed by atoms with Crippen molar-refractivity contribution in [1.29, 1.82) is 0 Å². The van der Waals surface area contributed by atoms with Crippen molar-refractivity contribution >= 4 is 5.91 Å². The Labute approximate surface area is 90.9 Å². The van der Waals surface area contributed by atoms with Gasteiger partial charge in [0.15, 0.2) is 11.9 Å². The van der Waals surface area contributed by atoms with E-state index in [0.717, 1.165) is 5.69 Å². The summed E-state index contributed by atoms with van der Waals surface area (Å²) in [6.07, 6.45) is 2.41. The number of rotatable bonds is 3. The zero-order valence-electron chi connectivity index (χ0n) is 9.63. The van der Waals surface area contributed by atoms with Crippen molar-refractivity contribution < 1.29 is 9.78 Å². The molecule has 1 amide bonds. The van der Waals surface area contributed by atoms with E-state index in [2.05, 4.69) is 31.1 Å². The van der Waals surface area contributed by atoms with Gasteiger partial charge in [-0.05, 0) is 5.41 Å². The van der Waals surface area contributed by atoms with Gasteiger partial charge in [-0.1, -0.05) is 26.8 Å². The Morgan fingerprint density at radius 2 is 2.13 bits per heavy atom. The molecule has 0 aromatic carbocycles. The number of hydrogen-bond acceptors (Lipinski definition) is 1. The molecule has 1 heterocycles. The first-order valence-corrected chi connectivity index (χ1v) is 5.20. The highest BCUT2D eigenvalue weighted by Gasteiger charge is 2.15. The van der Waals surface area contributed by atoms with Crippen LogP contribution < -0.4 is 10.3 Å². The van der Waals surface area contributed by atoms with Gasteiger partial charge < -0.3 is 5.32 Å². The first-order chi connectivity index (χ1) is 6.97. The lowest BCUT2D eigenvalue weighted by Crippen LogP contribution is -2.29. The van der Waals surface area contributed by atoms with Crippen LogP contribution in [0.15, 0.2) is 24.4 Å². The highest BCUT2D eigenvalue weighted by Crippen LogP contribution is 2.17. The SMILES string of the molecule is CC(C)(C)CC(=O)NCc1cccc[nH+]1. The molecule has 3 nitrogen and oxygen atoms in total. The Hall–Kier alpha value is -1.38. The molecule has 0 bridgehead atoms. The fraction of sp³-hybridized carbons (Fsp3) is 0.500. The van der Waals surface area contributed by atoms with Crippen LogP contribution in [0.2, 0.25) is 0 Å². The first-order valence-electron chi connectivity index (χ1n) is 5.20. The number of aromatic nitrogens is 1. The molecule has 0 spiro atoms. The van der Waals surface area contributed by atoms with Gasteiger partial charge in [0.2, 0.25) is 5.91 Å². The molecule has 1 aromatic rings. The van der Waals surface area contributed by atoms with Crippen molar-refractivity contribution in [3.05, 3.63) is 30.1 Å². The number of pyridine rings is 1. The Balaban J connectivity index is 2.35. The summed E-state index contributed by atoms with van der Waals surface area (Å²) in [6.45, 7) is 6.74. The van der Waals surface area contributed by atoms with Gasteiger partial charge >= 0.3 is 0 Å². The second-order valence-electron chi connectivity index (χ2n) is 4.90. The predicted molar refractivity (Wildman–Crippen MR) is 58.9 cm³/mol. The van der Waals surface area contributed by atoms with Crippen molar-refractivity contribution in [1.82, 2.24) is 5.32 Å². The standard InChI is InChI=1S/C12H18N2O/c1-12(2,3)8-11(15)14-9-10-6-4-5-7-13-10/h4-7H,8-9H2,1-3H3,(H,14,15)/p+1. The normalized spacial score (nSPS) is 11.1. The molecule has 0 radical (unpaired) electrons. The number of nitrogens with one attached hydrogen (secondary N) is 2. The van der Waals surface area contributed by atoms with Gasteiger partial charge in [-0.25, -0.2) is 4.98 Å². The molecule has 0 saturated carbocycles. The molecule has 1 aromatic heterocycles. The minimum Gasteiger partial charge on any atom is -0.346 e. The third-order valence-corrected chi connectivity index (χ3v) is 1.94. The Morgan fingerprint density at radius 3 is 2.67 bits per heavy atom. The maximum absolute atomic E-state index is 11.5. The fourth-order valence-corrected chi connectivity index (χ4v) is 1.28. The number of aromatic amines is 1. The Bertz CT molecular complexity index is 314. The van der Waals surface area contributed by atoms with Crippen LogP contribution in [0.3, 0.4) is 0 Å². The lowest BCUT2D eigenvalue weighted by molar-refractivity contribution is -0.390. The Morgan fingerprint density at radius 1 is 1.40 bits per heavy atom. The third kappa shape index (κ3) is 5.15. The van der Waals surface area contributed by atoms with E-state index < -0.39 is 0 Å². The molecular formula is C12H19N2O+. The molecule has 1 rings (SSSR count). The van der Waals surface area contributed by atoms with Crippen LogP contribution in [-0.4, -0.2) is 5.91 Å². The van der Waals surface area contributed by atoms with Crippen molar-refractivity contribution in [3.8, 4) is 0 Å². The molecule has 15 heavy (non-hydrogen) atoms. The second-order valence-corrected chi connectivity index (χ2v) is 4.90. The van der Waals surface area contributed by atoms with Crippen LogP contribution in [0.1, 0.15) is 32.9 Å². The number of amides is 1. The summed E-state index contributed by atoms with van der Waals surface area (Å²) in [5.74, 6) is 0.0970. The van der Waals surface area contributed by atoms with Crippen molar-refractivity contribution in [3.63, 3.8) is 0 Å². The molecule has 0 saturated heterocycles. The average molecular weight is 207 g/mol. The molecule has 0 aliphatic rings. The maximum atomic E-state index is 11.5. The van der Waals surface area contributed by atoms with Gasteiger partial charge in [0.05, 0.1) is 0 Å². The lowest BCUT2D eigenvalue weighted by Gasteiger charge is -2.16. The molecule has 0 aliphatic carbocycles. The third-order valence-electron chi connectivity index (χ3n) is 1.94.